The average Bonchev–Trinajstić information content (AvgIpc) is 3.31. The normalized spacial score (nSPS) is 12.3. The highest BCUT2D eigenvalue weighted by atomic mass is 32.2. The van der Waals surface area contributed by atoms with Crippen LogP contribution in [0.5, 0.6) is 0 Å². The Morgan fingerprint density at radius 3 is 2.61 bits per heavy atom. The van der Waals surface area contributed by atoms with E-state index in [1.165, 1.54) is 48.2 Å². The van der Waals surface area contributed by atoms with Crippen LogP contribution in [0, 0.1) is 5.41 Å². The Morgan fingerprint density at radius 2 is 1.94 bits per heavy atom. The highest BCUT2D eigenvalue weighted by Crippen LogP contribution is 2.36. The minimum absolute atomic E-state index is 0.00216. The molecule has 0 unspecified atom stereocenters. The van der Waals surface area contributed by atoms with Gasteiger partial charge in [-0.1, -0.05) is 29.4 Å². The Balaban J connectivity index is 2.05. The van der Waals surface area contributed by atoms with E-state index in [9.17, 15) is 26.4 Å². The Bertz CT molecular complexity index is 1420. The summed E-state index contributed by atoms with van der Waals surface area (Å²) in [5.74, 6) is -1.47. The van der Waals surface area contributed by atoms with Crippen molar-refractivity contribution in [2.75, 3.05) is 23.8 Å². The Labute approximate surface area is 208 Å². The van der Waals surface area contributed by atoms with E-state index in [-0.39, 0.29) is 39.5 Å². The minimum atomic E-state index is -4.70. The summed E-state index contributed by atoms with van der Waals surface area (Å²) in [6, 6.07) is 10.2. The van der Waals surface area contributed by atoms with Gasteiger partial charge in [-0.25, -0.2) is 13.2 Å². The first-order chi connectivity index (χ1) is 16.9. The van der Waals surface area contributed by atoms with Gasteiger partial charge in [0.1, 0.15) is 17.3 Å². The third-order valence-corrected chi connectivity index (χ3v) is 5.96. The van der Waals surface area contributed by atoms with Gasteiger partial charge in [0.15, 0.2) is 9.84 Å². The van der Waals surface area contributed by atoms with Crippen LogP contribution >= 0.6 is 11.8 Å². The highest BCUT2D eigenvalue weighted by molar-refractivity contribution is 7.98. The monoisotopic (exact) mass is 540 g/mol. The fourth-order valence-electron chi connectivity index (χ4n) is 2.85. The van der Waals surface area contributed by atoms with Gasteiger partial charge in [-0.2, -0.15) is 18.2 Å². The summed E-state index contributed by atoms with van der Waals surface area (Å²) in [5, 5.41) is 14.3. The third-order valence-electron chi connectivity index (χ3n) is 4.50. The molecule has 0 aliphatic heterocycles. The number of nitrogens with zero attached hydrogens (tertiary/aromatic N) is 2. The summed E-state index contributed by atoms with van der Waals surface area (Å²) >= 11 is 1.19. The van der Waals surface area contributed by atoms with Gasteiger partial charge in [0.25, 0.3) is 5.89 Å². The number of anilines is 1. The van der Waals surface area contributed by atoms with Crippen LogP contribution in [0.1, 0.15) is 11.5 Å². The van der Waals surface area contributed by atoms with Gasteiger partial charge in [-0.15, -0.1) is 11.8 Å². The number of aromatic nitrogens is 2. The molecule has 0 radical (unpaired) electrons. The number of halogens is 3. The smallest absolute Gasteiger partial charge is 0.418 e. The number of para-hydroxylation sites is 1. The quantitative estimate of drug-likeness (QED) is 0.228. The standard InChI is InChI=1S/C22H19F3N4O5S2/c1-35-12-33-21(30)16(26)11-18(27-17-9-4-3-8-15(17)22(23,24)25)20-28-19(29-34-20)13-6-5-7-14(10-13)36(2,31)32/h3-11,26-27H,12H2,1-2H3/b18-11-,26-16?. The van der Waals surface area contributed by atoms with Gasteiger partial charge in [-0.05, 0) is 36.6 Å². The number of sulfone groups is 1. The molecular formula is C22H19F3N4O5S2. The number of thioether (sulfide) groups is 1. The topological polar surface area (TPSA) is 135 Å². The zero-order chi connectivity index (χ0) is 26.5. The largest absolute Gasteiger partial charge is 0.450 e. The van der Waals surface area contributed by atoms with Crippen LogP contribution in [0.3, 0.4) is 0 Å². The maximum absolute atomic E-state index is 13.5. The van der Waals surface area contributed by atoms with Gasteiger partial charge < -0.3 is 14.6 Å². The number of carbonyl (C=O) groups excluding carboxylic acids is 1. The molecule has 190 valence electrons. The van der Waals surface area contributed by atoms with Crippen molar-refractivity contribution in [3.8, 4) is 11.4 Å². The molecule has 3 aromatic rings. The average molecular weight is 541 g/mol. The van der Waals surface area contributed by atoms with Crippen LogP contribution < -0.4 is 5.32 Å². The molecule has 0 aliphatic rings. The van der Waals surface area contributed by atoms with Crippen molar-refractivity contribution >= 4 is 44.7 Å². The lowest BCUT2D eigenvalue weighted by atomic mass is 10.1. The van der Waals surface area contributed by atoms with E-state index in [0.717, 1.165) is 24.5 Å². The van der Waals surface area contributed by atoms with Gasteiger partial charge >= 0.3 is 12.1 Å². The molecule has 0 saturated carbocycles. The van der Waals surface area contributed by atoms with Crippen LogP contribution in [0.15, 0.2) is 64.0 Å². The number of ether oxygens (including phenoxy) is 1. The van der Waals surface area contributed by atoms with E-state index in [2.05, 4.69) is 15.5 Å². The number of alkyl halides is 3. The maximum Gasteiger partial charge on any atom is 0.418 e. The lowest BCUT2D eigenvalue weighted by Gasteiger charge is -2.15. The summed E-state index contributed by atoms with van der Waals surface area (Å²) < 4.78 is 74.3. The van der Waals surface area contributed by atoms with Crippen molar-refractivity contribution in [3.63, 3.8) is 0 Å². The predicted molar refractivity (Wildman–Crippen MR) is 128 cm³/mol. The number of esters is 1. The molecule has 0 bridgehead atoms. The molecule has 3 rings (SSSR count). The SMILES string of the molecule is CSCOC(=O)C(=N)/C=C(\Nc1ccccc1C(F)(F)F)c1nc(-c2cccc(S(C)(=O)=O)c2)no1. The summed E-state index contributed by atoms with van der Waals surface area (Å²) in [6.45, 7) is 0. The summed E-state index contributed by atoms with van der Waals surface area (Å²) in [4.78, 5) is 16.2. The van der Waals surface area contributed by atoms with Crippen LogP contribution in [0.4, 0.5) is 18.9 Å². The fourth-order valence-corrected chi connectivity index (χ4v) is 3.74. The van der Waals surface area contributed by atoms with Crippen molar-refractivity contribution in [1.29, 1.82) is 5.41 Å². The Morgan fingerprint density at radius 1 is 1.22 bits per heavy atom. The zero-order valence-corrected chi connectivity index (χ0v) is 20.4. The number of benzene rings is 2. The molecular weight excluding hydrogens is 521 g/mol. The molecule has 2 aromatic carbocycles. The molecule has 1 heterocycles. The minimum Gasteiger partial charge on any atom is -0.450 e. The van der Waals surface area contributed by atoms with Gasteiger partial charge in [0.2, 0.25) is 5.82 Å². The number of hydrogen-bond donors (Lipinski definition) is 2. The molecule has 0 fully saturated rings. The van der Waals surface area contributed by atoms with Gasteiger partial charge in [-0.3, -0.25) is 5.41 Å². The summed E-state index contributed by atoms with van der Waals surface area (Å²) in [5.41, 5.74) is -2.10. The van der Waals surface area contributed by atoms with Crippen molar-refractivity contribution in [2.24, 2.45) is 0 Å². The second kappa shape index (κ2) is 11.0. The fraction of sp³-hybridized carbons (Fsp3) is 0.182. The molecule has 0 spiro atoms. The predicted octanol–water partition coefficient (Wildman–Crippen LogP) is 4.50. The van der Waals surface area contributed by atoms with Crippen LogP contribution in [-0.4, -0.2) is 48.7 Å². The molecule has 0 aliphatic carbocycles. The number of rotatable bonds is 9. The molecule has 1 aromatic heterocycles. The Kier molecular flexibility index (Phi) is 8.20. The van der Waals surface area contributed by atoms with Crippen molar-refractivity contribution in [3.05, 3.63) is 66.1 Å². The van der Waals surface area contributed by atoms with E-state index >= 15 is 0 Å². The van der Waals surface area contributed by atoms with E-state index < -0.39 is 33.3 Å². The first-order valence-corrected chi connectivity index (χ1v) is 13.2. The summed E-state index contributed by atoms with van der Waals surface area (Å²) in [6.07, 6.45) is -1.10. The third kappa shape index (κ3) is 6.73. The lowest BCUT2D eigenvalue weighted by molar-refractivity contribution is -0.137. The maximum atomic E-state index is 13.5. The van der Waals surface area contributed by atoms with E-state index in [4.69, 9.17) is 14.7 Å². The molecule has 0 saturated heterocycles. The van der Waals surface area contributed by atoms with Crippen LogP contribution in [0.2, 0.25) is 0 Å². The number of nitrogens with one attached hydrogen (secondary N) is 2. The van der Waals surface area contributed by atoms with E-state index in [1.54, 1.807) is 6.26 Å². The second-order valence-corrected chi connectivity index (χ2v) is 10.0. The zero-order valence-electron chi connectivity index (χ0n) is 18.8. The lowest BCUT2D eigenvalue weighted by Crippen LogP contribution is -2.16. The Hall–Kier alpha value is -3.65. The number of hydrogen-bond acceptors (Lipinski definition) is 10. The first kappa shape index (κ1) is 26.9. The molecule has 36 heavy (non-hydrogen) atoms. The van der Waals surface area contributed by atoms with Gasteiger partial charge in [0.05, 0.1) is 16.1 Å². The summed E-state index contributed by atoms with van der Waals surface area (Å²) in [7, 11) is -3.53. The van der Waals surface area contributed by atoms with E-state index in [1.807, 2.05) is 0 Å². The van der Waals surface area contributed by atoms with Gasteiger partial charge in [0, 0.05) is 11.8 Å². The molecule has 14 heteroatoms. The first-order valence-electron chi connectivity index (χ1n) is 9.94. The molecule has 0 atom stereocenters. The molecule has 9 nitrogen and oxygen atoms in total. The molecule has 2 N–H and O–H groups in total. The van der Waals surface area contributed by atoms with Crippen molar-refractivity contribution in [2.45, 2.75) is 11.1 Å². The molecule has 0 amide bonds. The van der Waals surface area contributed by atoms with Crippen LogP contribution in [0.25, 0.3) is 17.1 Å². The second-order valence-electron chi connectivity index (χ2n) is 7.20. The highest BCUT2D eigenvalue weighted by Gasteiger charge is 2.33. The van der Waals surface area contributed by atoms with Crippen molar-refractivity contribution in [1.82, 2.24) is 10.1 Å². The van der Waals surface area contributed by atoms with Crippen LogP contribution in [-0.2, 0) is 25.5 Å². The van der Waals surface area contributed by atoms with Crippen molar-refractivity contribution < 1.29 is 35.6 Å². The van der Waals surface area contributed by atoms with E-state index in [0.29, 0.717) is 0 Å². The number of carbonyl (C=O) groups is 1.